The third-order valence-electron chi connectivity index (χ3n) is 4.44. The predicted octanol–water partition coefficient (Wildman–Crippen LogP) is 2.50. The summed E-state index contributed by atoms with van der Waals surface area (Å²) in [5, 5.41) is 2.73. The number of benzene rings is 2. The number of hydrogen-bond donors (Lipinski definition) is 4. The summed E-state index contributed by atoms with van der Waals surface area (Å²) in [7, 11) is -3.85. The van der Waals surface area contributed by atoms with Crippen molar-refractivity contribution in [2.75, 3.05) is 5.32 Å². The van der Waals surface area contributed by atoms with Gasteiger partial charge in [0, 0.05) is 5.69 Å². The van der Waals surface area contributed by atoms with Crippen LogP contribution in [0.15, 0.2) is 52.2 Å². The molecule has 1 heterocycles. The maximum absolute atomic E-state index is 12.8. The first kappa shape index (κ1) is 20.8. The van der Waals surface area contributed by atoms with Gasteiger partial charge in [-0.15, -0.1) is 0 Å². The molecule has 4 N–H and O–H groups in total. The number of amides is 1. The summed E-state index contributed by atoms with van der Waals surface area (Å²) in [5.74, 6) is -0.374. The van der Waals surface area contributed by atoms with Crippen molar-refractivity contribution in [3.05, 3.63) is 58.5 Å². The molecule has 9 heteroatoms. The summed E-state index contributed by atoms with van der Waals surface area (Å²) >= 11 is 0. The average molecular weight is 417 g/mol. The van der Waals surface area contributed by atoms with E-state index in [1.807, 2.05) is 20.8 Å². The predicted molar refractivity (Wildman–Crippen MR) is 112 cm³/mol. The lowest BCUT2D eigenvalue weighted by Crippen LogP contribution is -2.44. The number of anilines is 1. The number of fused-ring (bicyclic) bond motifs is 1. The average Bonchev–Trinajstić information content (AvgIpc) is 3.00. The summed E-state index contributed by atoms with van der Waals surface area (Å²) < 4.78 is 28.0. The summed E-state index contributed by atoms with van der Waals surface area (Å²) in [5.41, 5.74) is 2.23. The Morgan fingerprint density at radius 3 is 2.34 bits per heavy atom. The second kappa shape index (κ2) is 8.22. The Balaban J connectivity index is 1.81. The molecule has 1 unspecified atom stereocenters. The van der Waals surface area contributed by atoms with Gasteiger partial charge in [-0.3, -0.25) is 4.79 Å². The van der Waals surface area contributed by atoms with Gasteiger partial charge in [-0.1, -0.05) is 31.5 Å². The molecule has 29 heavy (non-hydrogen) atoms. The van der Waals surface area contributed by atoms with Crippen LogP contribution in [0.25, 0.3) is 11.0 Å². The first-order valence-corrected chi connectivity index (χ1v) is 10.7. The van der Waals surface area contributed by atoms with E-state index in [2.05, 4.69) is 20.0 Å². The zero-order valence-electron chi connectivity index (χ0n) is 16.4. The van der Waals surface area contributed by atoms with Crippen molar-refractivity contribution in [3.63, 3.8) is 0 Å². The molecule has 0 aliphatic rings. The van der Waals surface area contributed by atoms with Crippen LogP contribution in [0.3, 0.4) is 0 Å². The van der Waals surface area contributed by atoms with Gasteiger partial charge in [0.25, 0.3) is 0 Å². The second-order valence-electron chi connectivity index (χ2n) is 7.45. The van der Waals surface area contributed by atoms with Crippen LogP contribution in [0.2, 0.25) is 0 Å². The number of carbonyl (C=O) groups is 1. The SMILES string of the molecule is Cc1ccc(S(=O)(=O)NC(CC(C)C)C(=O)Nc2ccc3[nH]c(=O)[nH]c3c2)cc1. The van der Waals surface area contributed by atoms with Gasteiger partial charge in [-0.2, -0.15) is 4.72 Å². The number of H-pyrrole nitrogens is 2. The van der Waals surface area contributed by atoms with E-state index in [-0.39, 0.29) is 16.5 Å². The van der Waals surface area contributed by atoms with E-state index in [1.165, 1.54) is 12.1 Å². The molecule has 0 bridgehead atoms. The molecule has 3 rings (SSSR count). The van der Waals surface area contributed by atoms with Gasteiger partial charge >= 0.3 is 5.69 Å². The third-order valence-corrected chi connectivity index (χ3v) is 5.92. The Labute approximate surface area is 168 Å². The van der Waals surface area contributed by atoms with E-state index in [0.717, 1.165) is 5.56 Å². The molecule has 0 spiro atoms. The number of aryl methyl sites for hydroxylation is 1. The van der Waals surface area contributed by atoms with Crippen molar-refractivity contribution in [2.24, 2.45) is 5.92 Å². The Morgan fingerprint density at radius 2 is 1.69 bits per heavy atom. The molecule has 8 nitrogen and oxygen atoms in total. The normalized spacial score (nSPS) is 13.0. The highest BCUT2D eigenvalue weighted by Gasteiger charge is 2.26. The molecule has 0 saturated heterocycles. The Morgan fingerprint density at radius 1 is 1.03 bits per heavy atom. The van der Waals surface area contributed by atoms with Gasteiger partial charge < -0.3 is 15.3 Å². The first-order valence-electron chi connectivity index (χ1n) is 9.26. The number of aromatic amines is 2. The van der Waals surface area contributed by atoms with Crippen molar-refractivity contribution in [1.29, 1.82) is 0 Å². The fourth-order valence-electron chi connectivity index (χ4n) is 2.99. The van der Waals surface area contributed by atoms with Crippen LogP contribution < -0.4 is 15.7 Å². The van der Waals surface area contributed by atoms with E-state index < -0.39 is 22.0 Å². The Kier molecular flexibility index (Phi) is 5.90. The fraction of sp³-hybridized carbons (Fsp3) is 0.300. The molecule has 0 aliphatic heterocycles. The summed E-state index contributed by atoms with van der Waals surface area (Å²) in [6.45, 7) is 5.70. The van der Waals surface area contributed by atoms with E-state index in [4.69, 9.17) is 0 Å². The zero-order valence-corrected chi connectivity index (χ0v) is 17.3. The highest BCUT2D eigenvalue weighted by molar-refractivity contribution is 7.89. The number of imidazole rings is 1. The topological polar surface area (TPSA) is 124 Å². The standard InChI is InChI=1S/C20H24N4O4S/c1-12(2)10-18(24-29(27,28)15-7-4-13(3)5-8-15)19(25)21-14-6-9-16-17(11-14)23-20(26)22-16/h4-9,11-12,18,24H,10H2,1-3H3,(H,21,25)(H2,22,23,26). The van der Waals surface area contributed by atoms with Crippen LogP contribution >= 0.6 is 0 Å². The smallest absolute Gasteiger partial charge is 0.323 e. The number of hydrogen-bond acceptors (Lipinski definition) is 4. The fourth-order valence-corrected chi connectivity index (χ4v) is 4.20. The molecule has 2 aromatic carbocycles. The van der Waals surface area contributed by atoms with Crippen molar-refractivity contribution in [2.45, 2.75) is 38.1 Å². The van der Waals surface area contributed by atoms with Crippen LogP contribution in [0.5, 0.6) is 0 Å². The minimum atomic E-state index is -3.85. The van der Waals surface area contributed by atoms with Gasteiger partial charge in [-0.05, 0) is 49.6 Å². The van der Waals surface area contributed by atoms with E-state index in [0.29, 0.717) is 23.1 Å². The maximum Gasteiger partial charge on any atom is 0.323 e. The minimum absolute atomic E-state index is 0.0926. The molecule has 0 aliphatic carbocycles. The lowest BCUT2D eigenvalue weighted by atomic mass is 10.0. The van der Waals surface area contributed by atoms with Crippen molar-refractivity contribution < 1.29 is 13.2 Å². The van der Waals surface area contributed by atoms with Gasteiger partial charge in [0.15, 0.2) is 0 Å². The number of rotatable bonds is 7. The molecule has 3 aromatic rings. The van der Waals surface area contributed by atoms with Crippen LogP contribution in [-0.4, -0.2) is 30.3 Å². The molecule has 0 radical (unpaired) electrons. The third kappa shape index (κ3) is 5.12. The van der Waals surface area contributed by atoms with E-state index >= 15 is 0 Å². The largest absolute Gasteiger partial charge is 0.325 e. The zero-order chi connectivity index (χ0) is 21.2. The minimum Gasteiger partial charge on any atom is -0.325 e. The molecule has 1 amide bonds. The van der Waals surface area contributed by atoms with Crippen LogP contribution in [0.1, 0.15) is 25.8 Å². The lowest BCUT2D eigenvalue weighted by Gasteiger charge is -2.20. The van der Waals surface area contributed by atoms with E-state index in [1.54, 1.807) is 30.3 Å². The van der Waals surface area contributed by atoms with Gasteiger partial charge in [-0.25, -0.2) is 13.2 Å². The molecule has 1 atom stereocenters. The van der Waals surface area contributed by atoms with Crippen molar-refractivity contribution in [1.82, 2.24) is 14.7 Å². The van der Waals surface area contributed by atoms with Crippen LogP contribution in [0, 0.1) is 12.8 Å². The van der Waals surface area contributed by atoms with Crippen molar-refractivity contribution >= 4 is 32.7 Å². The van der Waals surface area contributed by atoms with Gasteiger partial charge in [0.05, 0.1) is 15.9 Å². The highest BCUT2D eigenvalue weighted by atomic mass is 32.2. The van der Waals surface area contributed by atoms with Crippen LogP contribution in [0.4, 0.5) is 5.69 Å². The molecule has 1 aromatic heterocycles. The van der Waals surface area contributed by atoms with Crippen LogP contribution in [-0.2, 0) is 14.8 Å². The molecular formula is C20H24N4O4S. The maximum atomic E-state index is 12.8. The number of nitrogens with one attached hydrogen (secondary N) is 4. The number of carbonyl (C=O) groups excluding carboxylic acids is 1. The first-order chi connectivity index (χ1) is 13.6. The summed E-state index contributed by atoms with van der Waals surface area (Å²) in [6, 6.07) is 10.4. The molecule has 0 fully saturated rings. The Hall–Kier alpha value is -2.91. The van der Waals surface area contributed by atoms with E-state index in [9.17, 15) is 18.0 Å². The molecular weight excluding hydrogens is 392 g/mol. The van der Waals surface area contributed by atoms with Gasteiger partial charge in [0.2, 0.25) is 15.9 Å². The summed E-state index contributed by atoms with van der Waals surface area (Å²) in [6.07, 6.45) is 0.333. The molecule has 154 valence electrons. The number of aromatic nitrogens is 2. The van der Waals surface area contributed by atoms with Gasteiger partial charge in [0.1, 0.15) is 6.04 Å². The second-order valence-corrected chi connectivity index (χ2v) is 9.16. The monoisotopic (exact) mass is 416 g/mol. The Bertz CT molecular complexity index is 1180. The van der Waals surface area contributed by atoms with Crippen molar-refractivity contribution in [3.8, 4) is 0 Å². The lowest BCUT2D eigenvalue weighted by molar-refractivity contribution is -0.118. The quantitative estimate of drug-likeness (QED) is 0.472. The molecule has 0 saturated carbocycles. The highest BCUT2D eigenvalue weighted by Crippen LogP contribution is 2.17. The number of sulfonamides is 1. The summed E-state index contributed by atoms with van der Waals surface area (Å²) in [4.78, 5) is 29.6.